The molecule has 1 aromatic rings. The van der Waals surface area contributed by atoms with Gasteiger partial charge < -0.3 is 17.2 Å². The van der Waals surface area contributed by atoms with E-state index in [2.05, 4.69) is 27.7 Å². The van der Waals surface area contributed by atoms with Crippen LogP contribution in [0.4, 0.5) is 0 Å². The van der Waals surface area contributed by atoms with Crippen LogP contribution in [-0.2, 0) is 6.42 Å². The average Bonchev–Trinajstić information content (AvgIpc) is 2.35. The number of rotatable bonds is 5. The fourth-order valence-corrected chi connectivity index (χ4v) is 1.47. The van der Waals surface area contributed by atoms with E-state index < -0.39 is 0 Å². The predicted molar refractivity (Wildman–Crippen MR) is 74.8 cm³/mol. The molecule has 18 heavy (non-hydrogen) atoms. The Bertz CT molecular complexity index is 408. The first-order valence-corrected chi connectivity index (χ1v) is 5.79. The standard InChI is InChI=1S/C12H20N6/c1-9(16-12(15)18-17-11(13)14)7-8-10-5-3-2-4-6-10/h2-6,9H,7-8H2,1H3,(H4,13,14,17)(H3,15,16,18). The van der Waals surface area contributed by atoms with E-state index in [1.54, 1.807) is 0 Å². The van der Waals surface area contributed by atoms with Crippen LogP contribution in [0.1, 0.15) is 18.9 Å². The molecule has 98 valence electrons. The maximum Gasteiger partial charge on any atom is 0.209 e. The molecule has 0 amide bonds. The third kappa shape index (κ3) is 5.74. The average molecular weight is 248 g/mol. The maximum atomic E-state index is 5.61. The molecular weight excluding hydrogens is 228 g/mol. The van der Waals surface area contributed by atoms with Crippen LogP contribution in [0, 0.1) is 0 Å². The summed E-state index contributed by atoms with van der Waals surface area (Å²) in [6, 6.07) is 10.3. The van der Waals surface area contributed by atoms with E-state index in [9.17, 15) is 0 Å². The van der Waals surface area contributed by atoms with Crippen molar-refractivity contribution in [1.82, 2.24) is 5.43 Å². The number of guanidine groups is 2. The van der Waals surface area contributed by atoms with Gasteiger partial charge in [-0.05, 0) is 25.3 Å². The first kappa shape index (κ1) is 13.8. The Kier molecular flexibility index (Phi) is 5.50. The van der Waals surface area contributed by atoms with Gasteiger partial charge in [-0.15, -0.1) is 5.10 Å². The molecule has 0 heterocycles. The molecule has 1 aromatic carbocycles. The number of benzene rings is 1. The van der Waals surface area contributed by atoms with Crippen LogP contribution in [0.3, 0.4) is 0 Å². The van der Waals surface area contributed by atoms with Crippen LogP contribution < -0.4 is 22.6 Å². The van der Waals surface area contributed by atoms with Crippen molar-refractivity contribution >= 4 is 11.9 Å². The molecule has 0 saturated heterocycles. The Balaban J connectivity index is 2.39. The SMILES string of the molecule is CC(CCc1ccccc1)N=C(N)NN=C(N)N. The molecule has 0 spiro atoms. The fourth-order valence-electron chi connectivity index (χ4n) is 1.47. The molecule has 0 radical (unpaired) electrons. The van der Waals surface area contributed by atoms with Gasteiger partial charge in [0.2, 0.25) is 11.9 Å². The summed E-state index contributed by atoms with van der Waals surface area (Å²) in [6.07, 6.45) is 1.87. The van der Waals surface area contributed by atoms with Crippen molar-refractivity contribution in [1.29, 1.82) is 0 Å². The Morgan fingerprint density at radius 2 is 1.89 bits per heavy atom. The summed E-state index contributed by atoms with van der Waals surface area (Å²) in [4.78, 5) is 4.23. The lowest BCUT2D eigenvalue weighted by atomic mass is 10.1. The van der Waals surface area contributed by atoms with Gasteiger partial charge in [0.15, 0.2) is 0 Å². The largest absolute Gasteiger partial charge is 0.369 e. The lowest BCUT2D eigenvalue weighted by molar-refractivity contribution is 0.662. The van der Waals surface area contributed by atoms with E-state index in [1.165, 1.54) is 5.56 Å². The van der Waals surface area contributed by atoms with E-state index in [-0.39, 0.29) is 18.0 Å². The molecule has 6 nitrogen and oxygen atoms in total. The highest BCUT2D eigenvalue weighted by atomic mass is 15.4. The van der Waals surface area contributed by atoms with Crippen LogP contribution >= 0.6 is 0 Å². The second-order valence-corrected chi connectivity index (χ2v) is 4.04. The van der Waals surface area contributed by atoms with E-state index in [0.29, 0.717) is 0 Å². The van der Waals surface area contributed by atoms with Gasteiger partial charge in [-0.1, -0.05) is 30.3 Å². The topological polar surface area (TPSA) is 115 Å². The summed E-state index contributed by atoms with van der Waals surface area (Å²) in [5.74, 6) is 0.133. The van der Waals surface area contributed by atoms with E-state index >= 15 is 0 Å². The molecule has 0 saturated carbocycles. The van der Waals surface area contributed by atoms with Crippen molar-refractivity contribution in [3.05, 3.63) is 35.9 Å². The molecule has 6 heteroatoms. The van der Waals surface area contributed by atoms with Gasteiger partial charge in [-0.25, -0.2) is 10.4 Å². The first-order chi connectivity index (χ1) is 8.58. The number of hydrazone groups is 1. The van der Waals surface area contributed by atoms with Crippen molar-refractivity contribution < 1.29 is 0 Å². The quantitative estimate of drug-likeness (QED) is 0.336. The molecule has 1 unspecified atom stereocenters. The molecule has 1 rings (SSSR count). The lowest BCUT2D eigenvalue weighted by Gasteiger charge is -2.08. The van der Waals surface area contributed by atoms with E-state index in [4.69, 9.17) is 17.2 Å². The van der Waals surface area contributed by atoms with Gasteiger partial charge in [0.05, 0.1) is 6.04 Å². The number of hydrogen-bond donors (Lipinski definition) is 4. The third-order valence-corrected chi connectivity index (χ3v) is 2.35. The monoisotopic (exact) mass is 248 g/mol. The Morgan fingerprint density at radius 3 is 2.50 bits per heavy atom. The summed E-state index contributed by atoms with van der Waals surface area (Å²) < 4.78 is 0. The van der Waals surface area contributed by atoms with Crippen LogP contribution in [0.5, 0.6) is 0 Å². The minimum Gasteiger partial charge on any atom is -0.369 e. The minimum absolute atomic E-state index is 0.0786. The summed E-state index contributed by atoms with van der Waals surface area (Å²) >= 11 is 0. The van der Waals surface area contributed by atoms with Crippen LogP contribution in [0.25, 0.3) is 0 Å². The highest BCUT2D eigenvalue weighted by Gasteiger charge is 2.01. The smallest absolute Gasteiger partial charge is 0.209 e. The normalized spacial score (nSPS) is 12.8. The first-order valence-electron chi connectivity index (χ1n) is 5.79. The van der Waals surface area contributed by atoms with Gasteiger partial charge in [-0.2, -0.15) is 0 Å². The van der Waals surface area contributed by atoms with Gasteiger partial charge in [-0.3, -0.25) is 0 Å². The van der Waals surface area contributed by atoms with Crippen LogP contribution in [-0.4, -0.2) is 18.0 Å². The lowest BCUT2D eigenvalue weighted by Crippen LogP contribution is -2.33. The van der Waals surface area contributed by atoms with Crippen molar-refractivity contribution in [3.8, 4) is 0 Å². The van der Waals surface area contributed by atoms with E-state index in [1.807, 2.05) is 25.1 Å². The third-order valence-electron chi connectivity index (χ3n) is 2.35. The predicted octanol–water partition coefficient (Wildman–Crippen LogP) is 0.100. The summed E-state index contributed by atoms with van der Waals surface area (Å²) in [7, 11) is 0. The number of aliphatic imine (C=N–C) groups is 1. The summed E-state index contributed by atoms with van der Waals surface area (Å²) in [5, 5.41) is 3.56. The zero-order valence-electron chi connectivity index (χ0n) is 10.5. The van der Waals surface area contributed by atoms with Crippen molar-refractivity contribution in [2.45, 2.75) is 25.8 Å². The summed E-state index contributed by atoms with van der Waals surface area (Å²) in [5.41, 5.74) is 19.7. The molecule has 0 bridgehead atoms. The molecule has 0 aliphatic heterocycles. The number of nitrogens with one attached hydrogen (secondary N) is 1. The van der Waals surface area contributed by atoms with Gasteiger partial charge >= 0.3 is 0 Å². The second-order valence-electron chi connectivity index (χ2n) is 4.04. The Hall–Kier alpha value is -2.24. The maximum absolute atomic E-state index is 5.61. The number of nitrogens with two attached hydrogens (primary N) is 3. The van der Waals surface area contributed by atoms with Crippen molar-refractivity contribution in [2.75, 3.05) is 0 Å². The zero-order valence-corrected chi connectivity index (χ0v) is 10.5. The molecule has 0 fully saturated rings. The fraction of sp³-hybridized carbons (Fsp3) is 0.333. The molecule has 0 aliphatic rings. The van der Waals surface area contributed by atoms with Crippen molar-refractivity contribution in [2.24, 2.45) is 27.3 Å². The molecule has 7 N–H and O–H groups in total. The second kappa shape index (κ2) is 7.16. The van der Waals surface area contributed by atoms with Gasteiger partial charge in [0.25, 0.3) is 0 Å². The highest BCUT2D eigenvalue weighted by molar-refractivity contribution is 5.81. The number of nitrogens with zero attached hydrogens (tertiary/aromatic N) is 2. The van der Waals surface area contributed by atoms with Gasteiger partial charge in [0, 0.05) is 0 Å². The van der Waals surface area contributed by atoms with Crippen LogP contribution in [0.2, 0.25) is 0 Å². The van der Waals surface area contributed by atoms with E-state index in [0.717, 1.165) is 12.8 Å². The minimum atomic E-state index is -0.0786. The Labute approximate surface area is 107 Å². The number of hydrogen-bond acceptors (Lipinski definition) is 2. The summed E-state index contributed by atoms with van der Waals surface area (Å²) in [6.45, 7) is 1.99. The number of aryl methyl sites for hydroxylation is 1. The van der Waals surface area contributed by atoms with Crippen LogP contribution in [0.15, 0.2) is 40.4 Å². The molecule has 0 aliphatic carbocycles. The highest BCUT2D eigenvalue weighted by Crippen LogP contribution is 2.06. The zero-order chi connectivity index (χ0) is 13.4. The molecular formula is C12H20N6. The Morgan fingerprint density at radius 1 is 1.22 bits per heavy atom. The van der Waals surface area contributed by atoms with Crippen molar-refractivity contribution in [3.63, 3.8) is 0 Å². The molecule has 0 aromatic heterocycles. The molecule has 1 atom stereocenters. The van der Waals surface area contributed by atoms with Gasteiger partial charge in [0.1, 0.15) is 0 Å².